The van der Waals surface area contributed by atoms with E-state index in [0.717, 1.165) is 35.4 Å². The summed E-state index contributed by atoms with van der Waals surface area (Å²) in [6.45, 7) is 20.1. The maximum absolute atomic E-state index is 13.5. The first kappa shape index (κ1) is 26.9. The second-order valence-electron chi connectivity index (χ2n) is 11.4. The molecule has 1 aromatic carbocycles. The molecule has 2 aromatic rings. The van der Waals surface area contributed by atoms with Crippen molar-refractivity contribution in [2.24, 2.45) is 10.9 Å². The molecular formula is C28H45N3O2. The summed E-state index contributed by atoms with van der Waals surface area (Å²) >= 11 is 0. The molecule has 0 atom stereocenters. The van der Waals surface area contributed by atoms with Crippen LogP contribution in [0.5, 0.6) is 5.75 Å². The number of phenols is 1. The minimum atomic E-state index is -0.271. The van der Waals surface area contributed by atoms with Crippen LogP contribution in [-0.4, -0.2) is 27.1 Å². The lowest BCUT2D eigenvalue weighted by molar-refractivity contribution is 0.0970. The highest BCUT2D eigenvalue weighted by Crippen LogP contribution is 2.39. The Kier molecular flexibility index (Phi) is 8.42. The molecule has 0 saturated carbocycles. The van der Waals surface area contributed by atoms with Crippen LogP contribution in [0.15, 0.2) is 23.3 Å². The van der Waals surface area contributed by atoms with Crippen molar-refractivity contribution < 1.29 is 9.90 Å². The summed E-state index contributed by atoms with van der Waals surface area (Å²) in [5, 5.41) is 11.0. The molecule has 0 fully saturated rings. The van der Waals surface area contributed by atoms with Crippen LogP contribution >= 0.6 is 0 Å². The highest BCUT2D eigenvalue weighted by Gasteiger charge is 2.28. The van der Waals surface area contributed by atoms with Crippen molar-refractivity contribution in [1.82, 2.24) is 9.13 Å². The van der Waals surface area contributed by atoms with E-state index in [1.54, 1.807) is 7.05 Å². The zero-order valence-electron chi connectivity index (χ0n) is 22.5. The Hall–Kier alpha value is -2.30. The second-order valence-corrected chi connectivity index (χ2v) is 11.4. The fourth-order valence-corrected chi connectivity index (χ4v) is 4.50. The van der Waals surface area contributed by atoms with Crippen molar-refractivity contribution in [1.29, 1.82) is 0 Å². The van der Waals surface area contributed by atoms with Crippen LogP contribution in [0.2, 0.25) is 0 Å². The second kappa shape index (κ2) is 10.3. The van der Waals surface area contributed by atoms with Gasteiger partial charge in [-0.05, 0) is 42.2 Å². The Balaban J connectivity index is 2.46. The number of phenolic OH excluding ortho intramolecular Hbond substituents is 1. The standard InChI is InChI=1S/C28H45N3O2/c1-11-20(12-2)13-14-31-19(3)17-30(26(31)29-10)18-24(32)21-15-22(27(4,5)6)25(33)23(16-21)28(7,8)9/h15-17,20,33H,11-14,18H2,1-10H3. The number of benzene rings is 1. The Bertz CT molecular complexity index is 1000. The number of rotatable bonds is 8. The molecule has 1 aromatic heterocycles. The molecule has 184 valence electrons. The Morgan fingerprint density at radius 1 is 1.03 bits per heavy atom. The van der Waals surface area contributed by atoms with E-state index in [1.165, 1.54) is 12.8 Å². The number of Topliss-reactive ketones (excluding diaryl/α,β-unsaturated/α-hetero) is 1. The number of aryl methyl sites for hydroxylation is 1. The topological polar surface area (TPSA) is 59.5 Å². The molecule has 0 bridgehead atoms. The van der Waals surface area contributed by atoms with Gasteiger partial charge >= 0.3 is 0 Å². The van der Waals surface area contributed by atoms with E-state index in [-0.39, 0.29) is 23.2 Å². The number of carbonyl (C=O) groups excluding carboxylic acids is 1. The summed E-state index contributed by atoms with van der Waals surface area (Å²) in [5.74, 6) is 1.03. The Morgan fingerprint density at radius 3 is 1.97 bits per heavy atom. The van der Waals surface area contributed by atoms with Gasteiger partial charge in [-0.15, -0.1) is 0 Å². The van der Waals surface area contributed by atoms with Crippen molar-refractivity contribution in [3.63, 3.8) is 0 Å². The molecular weight excluding hydrogens is 410 g/mol. The Labute approximate surface area is 200 Å². The van der Waals surface area contributed by atoms with Gasteiger partial charge in [0, 0.05) is 42.2 Å². The lowest BCUT2D eigenvalue weighted by Crippen LogP contribution is -2.29. The predicted molar refractivity (Wildman–Crippen MR) is 137 cm³/mol. The third-order valence-electron chi connectivity index (χ3n) is 6.74. The van der Waals surface area contributed by atoms with E-state index in [4.69, 9.17) is 0 Å². The zero-order valence-corrected chi connectivity index (χ0v) is 22.5. The predicted octanol–water partition coefficient (Wildman–Crippen LogP) is 6.14. The number of hydrogen-bond acceptors (Lipinski definition) is 3. The number of ketones is 1. The van der Waals surface area contributed by atoms with Crippen molar-refractivity contribution in [2.45, 2.75) is 105 Å². The van der Waals surface area contributed by atoms with E-state index in [9.17, 15) is 9.90 Å². The van der Waals surface area contributed by atoms with E-state index in [0.29, 0.717) is 17.2 Å². The fourth-order valence-electron chi connectivity index (χ4n) is 4.50. The van der Waals surface area contributed by atoms with Gasteiger partial charge in [-0.25, -0.2) is 0 Å². The number of aromatic hydroxyl groups is 1. The molecule has 0 spiro atoms. The highest BCUT2D eigenvalue weighted by molar-refractivity contribution is 5.96. The van der Waals surface area contributed by atoms with Crippen LogP contribution in [0.25, 0.3) is 0 Å². The van der Waals surface area contributed by atoms with Crippen LogP contribution in [0, 0.1) is 12.8 Å². The van der Waals surface area contributed by atoms with E-state index in [2.05, 4.69) is 71.9 Å². The number of hydrogen-bond donors (Lipinski definition) is 1. The smallest absolute Gasteiger partial charge is 0.205 e. The number of imidazole rings is 1. The van der Waals surface area contributed by atoms with Gasteiger partial charge in [-0.1, -0.05) is 68.2 Å². The van der Waals surface area contributed by atoms with Gasteiger partial charge in [0.25, 0.3) is 0 Å². The molecule has 0 aliphatic carbocycles. The van der Waals surface area contributed by atoms with Crippen LogP contribution in [0.1, 0.15) is 102 Å². The summed E-state index contributed by atoms with van der Waals surface area (Å²) in [6, 6.07) is 3.74. The third-order valence-corrected chi connectivity index (χ3v) is 6.74. The molecule has 2 rings (SSSR count). The van der Waals surface area contributed by atoms with Crippen LogP contribution in [0.4, 0.5) is 0 Å². The van der Waals surface area contributed by atoms with Gasteiger partial charge < -0.3 is 14.2 Å². The molecule has 0 amide bonds. The molecule has 33 heavy (non-hydrogen) atoms. The van der Waals surface area contributed by atoms with Crippen LogP contribution < -0.4 is 5.62 Å². The van der Waals surface area contributed by atoms with Crippen LogP contribution in [-0.2, 0) is 23.9 Å². The fraction of sp³-hybridized carbons (Fsp3) is 0.643. The molecule has 5 nitrogen and oxygen atoms in total. The summed E-state index contributed by atoms with van der Waals surface area (Å²) in [6.07, 6.45) is 5.51. The molecule has 0 aliphatic rings. The first-order valence-electron chi connectivity index (χ1n) is 12.3. The quantitative estimate of drug-likeness (QED) is 0.486. The molecule has 1 heterocycles. The highest BCUT2D eigenvalue weighted by atomic mass is 16.3. The molecule has 0 aliphatic heterocycles. The summed E-state index contributed by atoms with van der Waals surface area (Å²) < 4.78 is 4.19. The summed E-state index contributed by atoms with van der Waals surface area (Å²) in [4.78, 5) is 18.0. The lowest BCUT2D eigenvalue weighted by atomic mass is 9.78. The van der Waals surface area contributed by atoms with Gasteiger partial charge in [0.05, 0.1) is 6.54 Å². The number of carbonyl (C=O) groups is 1. The first-order chi connectivity index (χ1) is 15.2. The van der Waals surface area contributed by atoms with Gasteiger partial charge in [0.1, 0.15) is 5.75 Å². The van der Waals surface area contributed by atoms with Gasteiger partial charge in [0.2, 0.25) is 5.62 Å². The number of nitrogens with zero attached hydrogens (tertiary/aromatic N) is 3. The monoisotopic (exact) mass is 455 g/mol. The van der Waals surface area contributed by atoms with Crippen molar-refractivity contribution in [3.05, 3.63) is 46.3 Å². The number of aromatic nitrogens is 2. The van der Waals surface area contributed by atoms with Crippen molar-refractivity contribution in [2.75, 3.05) is 7.05 Å². The average molecular weight is 456 g/mol. The minimum absolute atomic E-state index is 0.0260. The summed E-state index contributed by atoms with van der Waals surface area (Å²) in [7, 11) is 1.79. The van der Waals surface area contributed by atoms with Gasteiger partial charge in [-0.2, -0.15) is 0 Å². The van der Waals surface area contributed by atoms with Gasteiger partial charge in [0.15, 0.2) is 5.78 Å². The average Bonchev–Trinajstić information content (AvgIpc) is 3.01. The zero-order chi connectivity index (χ0) is 25.1. The van der Waals surface area contributed by atoms with Gasteiger partial charge in [-0.3, -0.25) is 9.79 Å². The summed E-state index contributed by atoms with van der Waals surface area (Å²) in [5.41, 5.74) is 3.66. The van der Waals surface area contributed by atoms with E-state index in [1.807, 2.05) is 22.9 Å². The SMILES string of the molecule is CCC(CC)CCn1c(C)cn(CC(=O)c2cc(C(C)(C)C)c(O)c(C(C)(C)C)c2)c1=NC. The molecule has 0 saturated heterocycles. The van der Waals surface area contributed by atoms with Crippen molar-refractivity contribution in [3.8, 4) is 5.75 Å². The van der Waals surface area contributed by atoms with Crippen LogP contribution in [0.3, 0.4) is 0 Å². The Morgan fingerprint density at radius 2 is 1.55 bits per heavy atom. The normalized spacial score (nSPS) is 13.2. The van der Waals surface area contributed by atoms with E-state index < -0.39 is 0 Å². The molecule has 1 N–H and O–H groups in total. The molecule has 0 radical (unpaired) electrons. The lowest BCUT2D eigenvalue weighted by Gasteiger charge is -2.28. The third kappa shape index (κ3) is 6.18. The first-order valence-corrected chi connectivity index (χ1v) is 12.3. The minimum Gasteiger partial charge on any atom is -0.507 e. The maximum atomic E-state index is 13.5. The van der Waals surface area contributed by atoms with Crippen molar-refractivity contribution >= 4 is 5.78 Å². The molecule has 0 unspecified atom stereocenters. The van der Waals surface area contributed by atoms with E-state index >= 15 is 0 Å². The largest absolute Gasteiger partial charge is 0.507 e. The maximum Gasteiger partial charge on any atom is 0.205 e. The molecule has 5 heteroatoms.